The number of aryl methyl sites for hydroxylation is 1. The van der Waals surface area contributed by atoms with Crippen LogP contribution in [0.5, 0.6) is 0 Å². The van der Waals surface area contributed by atoms with Gasteiger partial charge in [0.1, 0.15) is 0 Å². The van der Waals surface area contributed by atoms with Crippen LogP contribution in [0.25, 0.3) is 0 Å². The van der Waals surface area contributed by atoms with Gasteiger partial charge in [0.15, 0.2) is 5.16 Å². The maximum atomic E-state index is 11.2. The second-order valence-electron chi connectivity index (χ2n) is 3.54. The van der Waals surface area contributed by atoms with Crippen LogP contribution >= 0.6 is 23.4 Å². The van der Waals surface area contributed by atoms with E-state index in [4.69, 9.17) is 11.6 Å². The predicted octanol–water partition coefficient (Wildman–Crippen LogP) is -0.110. The Balaban J connectivity index is 2.37. The van der Waals surface area contributed by atoms with Crippen LogP contribution in [0.1, 0.15) is 6.92 Å². The van der Waals surface area contributed by atoms with Crippen molar-refractivity contribution >= 4 is 29.3 Å². The third-order valence-electron chi connectivity index (χ3n) is 2.05. The SMILES string of the molecule is CCNc1nc(Cl)nc(Sc2nc(=O)c(=O)[nH]n2C)n1. The molecule has 0 aliphatic rings. The van der Waals surface area contributed by atoms with E-state index in [1.54, 1.807) is 7.05 Å². The molecule has 0 aliphatic carbocycles. The van der Waals surface area contributed by atoms with Crippen LogP contribution in [0.3, 0.4) is 0 Å². The summed E-state index contributed by atoms with van der Waals surface area (Å²) < 4.78 is 1.30. The average molecular weight is 316 g/mol. The fraction of sp³-hybridized carbons (Fsp3) is 0.333. The van der Waals surface area contributed by atoms with Crippen LogP contribution in [-0.2, 0) is 7.05 Å². The van der Waals surface area contributed by atoms with Crippen LogP contribution in [0.2, 0.25) is 5.28 Å². The molecule has 2 aromatic rings. The van der Waals surface area contributed by atoms with E-state index in [0.717, 1.165) is 11.8 Å². The minimum atomic E-state index is -0.877. The summed E-state index contributed by atoms with van der Waals surface area (Å²) in [5.74, 6) is 0.324. The highest BCUT2D eigenvalue weighted by molar-refractivity contribution is 7.99. The van der Waals surface area contributed by atoms with E-state index in [-0.39, 0.29) is 15.6 Å². The molecular formula is C9H10ClN7O2S. The zero-order chi connectivity index (χ0) is 14.7. The first kappa shape index (κ1) is 14.5. The first-order chi connectivity index (χ1) is 9.49. The largest absolute Gasteiger partial charge is 0.354 e. The Bertz CT molecular complexity index is 744. The van der Waals surface area contributed by atoms with Gasteiger partial charge in [-0.05, 0) is 30.3 Å². The van der Waals surface area contributed by atoms with Crippen LogP contribution in [0.15, 0.2) is 19.9 Å². The first-order valence-electron chi connectivity index (χ1n) is 5.50. The van der Waals surface area contributed by atoms with Crippen molar-refractivity contribution in [3.8, 4) is 0 Å². The summed E-state index contributed by atoms with van der Waals surface area (Å²) in [7, 11) is 1.55. The molecule has 9 nitrogen and oxygen atoms in total. The standard InChI is InChI=1S/C9H10ClN7O2S/c1-3-11-7-13-6(10)14-8(15-7)20-9-12-4(18)5(19)16-17(9)2/h3H2,1-2H3,(H,16,19)(H,11,13,14,15). The Labute approximate surface area is 121 Å². The van der Waals surface area contributed by atoms with E-state index < -0.39 is 11.1 Å². The third kappa shape index (κ3) is 3.33. The van der Waals surface area contributed by atoms with E-state index >= 15 is 0 Å². The molecule has 0 unspecified atom stereocenters. The van der Waals surface area contributed by atoms with Crippen molar-refractivity contribution in [2.45, 2.75) is 17.2 Å². The van der Waals surface area contributed by atoms with E-state index in [0.29, 0.717) is 12.5 Å². The quantitative estimate of drug-likeness (QED) is 0.750. The highest BCUT2D eigenvalue weighted by atomic mass is 35.5. The first-order valence-corrected chi connectivity index (χ1v) is 6.69. The fourth-order valence-corrected chi connectivity index (χ4v) is 2.20. The summed E-state index contributed by atoms with van der Waals surface area (Å²) in [6.07, 6.45) is 0. The lowest BCUT2D eigenvalue weighted by atomic mass is 10.7. The Morgan fingerprint density at radius 2 is 2.05 bits per heavy atom. The number of H-pyrrole nitrogens is 1. The number of halogens is 1. The van der Waals surface area contributed by atoms with Crippen LogP contribution in [0.4, 0.5) is 5.95 Å². The number of anilines is 1. The summed E-state index contributed by atoms with van der Waals surface area (Å²) in [5, 5.41) is 5.75. The van der Waals surface area contributed by atoms with Crippen molar-refractivity contribution in [2.24, 2.45) is 7.05 Å². The molecular weight excluding hydrogens is 306 g/mol. The van der Waals surface area contributed by atoms with Gasteiger partial charge >= 0.3 is 11.1 Å². The average Bonchev–Trinajstić information content (AvgIpc) is 2.35. The molecule has 0 saturated carbocycles. The number of nitrogens with one attached hydrogen (secondary N) is 2. The fourth-order valence-electron chi connectivity index (χ4n) is 1.25. The molecule has 0 aliphatic heterocycles. The van der Waals surface area contributed by atoms with Gasteiger partial charge in [-0.15, -0.1) is 0 Å². The van der Waals surface area contributed by atoms with Gasteiger partial charge in [0.05, 0.1) is 0 Å². The zero-order valence-electron chi connectivity index (χ0n) is 10.5. The predicted molar refractivity (Wildman–Crippen MR) is 73.2 cm³/mol. The van der Waals surface area contributed by atoms with Crippen molar-refractivity contribution < 1.29 is 0 Å². The molecule has 0 bridgehead atoms. The van der Waals surface area contributed by atoms with Gasteiger partial charge in [-0.2, -0.15) is 19.9 Å². The molecule has 2 rings (SSSR count). The molecule has 0 aromatic carbocycles. The molecule has 2 heterocycles. The normalized spacial score (nSPS) is 10.6. The molecule has 2 N–H and O–H groups in total. The smallest absolute Gasteiger partial charge is 0.339 e. The molecule has 0 saturated heterocycles. The molecule has 0 fully saturated rings. The maximum Gasteiger partial charge on any atom is 0.339 e. The number of hydrogen-bond donors (Lipinski definition) is 2. The van der Waals surface area contributed by atoms with E-state index in [1.165, 1.54) is 4.68 Å². The molecule has 11 heteroatoms. The Hall–Kier alpha value is -1.94. The van der Waals surface area contributed by atoms with Crippen molar-refractivity contribution in [2.75, 3.05) is 11.9 Å². The number of aromatic amines is 1. The Kier molecular flexibility index (Phi) is 4.35. The molecule has 0 spiro atoms. The lowest BCUT2D eigenvalue weighted by Crippen LogP contribution is -2.33. The van der Waals surface area contributed by atoms with E-state index in [1.807, 2.05) is 6.92 Å². The van der Waals surface area contributed by atoms with Gasteiger partial charge in [0.25, 0.3) is 0 Å². The molecule has 2 aromatic heterocycles. The third-order valence-corrected chi connectivity index (χ3v) is 3.13. The number of nitrogens with zero attached hydrogens (tertiary/aromatic N) is 5. The van der Waals surface area contributed by atoms with Gasteiger partial charge < -0.3 is 5.32 Å². The lowest BCUT2D eigenvalue weighted by Gasteiger charge is -2.06. The van der Waals surface area contributed by atoms with Gasteiger partial charge in [-0.1, -0.05) is 0 Å². The number of rotatable bonds is 4. The highest BCUT2D eigenvalue weighted by Gasteiger charge is 2.11. The van der Waals surface area contributed by atoms with Crippen LogP contribution < -0.4 is 16.4 Å². The number of hydrogen-bond acceptors (Lipinski definition) is 8. The maximum absolute atomic E-state index is 11.2. The summed E-state index contributed by atoms with van der Waals surface area (Å²) >= 11 is 6.77. The van der Waals surface area contributed by atoms with Gasteiger partial charge in [0, 0.05) is 13.6 Å². The minimum Gasteiger partial charge on any atom is -0.354 e. The summed E-state index contributed by atoms with van der Waals surface area (Å²) in [5.41, 5.74) is -1.67. The van der Waals surface area contributed by atoms with Gasteiger partial charge in [-0.25, -0.2) is 0 Å². The number of aromatic nitrogens is 6. The minimum absolute atomic E-state index is 0.0212. The second-order valence-corrected chi connectivity index (χ2v) is 4.81. The van der Waals surface area contributed by atoms with Gasteiger partial charge in [0.2, 0.25) is 16.4 Å². The topological polar surface area (TPSA) is 118 Å². The van der Waals surface area contributed by atoms with Crippen LogP contribution in [0, 0.1) is 0 Å². The van der Waals surface area contributed by atoms with Crippen LogP contribution in [-0.4, -0.2) is 36.3 Å². The van der Waals surface area contributed by atoms with E-state index in [9.17, 15) is 9.59 Å². The highest BCUT2D eigenvalue weighted by Crippen LogP contribution is 2.22. The van der Waals surface area contributed by atoms with E-state index in [2.05, 4.69) is 30.4 Å². The van der Waals surface area contributed by atoms with Gasteiger partial charge in [-0.3, -0.25) is 19.4 Å². The second kappa shape index (κ2) is 6.01. The zero-order valence-corrected chi connectivity index (χ0v) is 12.1. The monoisotopic (exact) mass is 315 g/mol. The summed E-state index contributed by atoms with van der Waals surface area (Å²) in [6, 6.07) is 0. The van der Waals surface area contributed by atoms with Crippen molar-refractivity contribution in [3.05, 3.63) is 26.0 Å². The summed E-state index contributed by atoms with van der Waals surface area (Å²) in [4.78, 5) is 37.9. The summed E-state index contributed by atoms with van der Waals surface area (Å²) in [6.45, 7) is 2.51. The lowest BCUT2D eigenvalue weighted by molar-refractivity contribution is 0.595. The molecule has 0 atom stereocenters. The van der Waals surface area contributed by atoms with Crippen molar-refractivity contribution in [1.29, 1.82) is 0 Å². The Morgan fingerprint density at radius 3 is 2.75 bits per heavy atom. The molecule has 106 valence electrons. The molecule has 20 heavy (non-hydrogen) atoms. The Morgan fingerprint density at radius 1 is 1.30 bits per heavy atom. The van der Waals surface area contributed by atoms with Crippen molar-refractivity contribution in [1.82, 2.24) is 29.7 Å². The molecule has 0 amide bonds. The van der Waals surface area contributed by atoms with Crippen molar-refractivity contribution in [3.63, 3.8) is 0 Å². The molecule has 0 radical (unpaired) electrons.